The van der Waals surface area contributed by atoms with Crippen LogP contribution in [0.15, 0.2) is 45.3 Å². The van der Waals surface area contributed by atoms with E-state index in [4.69, 9.17) is 11.6 Å². The van der Waals surface area contributed by atoms with E-state index in [0.29, 0.717) is 19.5 Å². The number of rotatable bonds is 2. The van der Waals surface area contributed by atoms with Gasteiger partial charge in [-0.2, -0.15) is 5.26 Å². The van der Waals surface area contributed by atoms with Crippen LogP contribution >= 0.6 is 43.5 Å². The largest absolute Gasteiger partial charge is 0.506 e. The normalized spacial score (nSPS) is 11.2. The third kappa shape index (κ3) is 3.43. The van der Waals surface area contributed by atoms with Gasteiger partial charge in [0.25, 0.3) is 0 Å². The molecule has 0 aromatic heterocycles. The molecule has 2 nitrogen and oxygen atoms in total. The van der Waals surface area contributed by atoms with Gasteiger partial charge in [-0.3, -0.25) is 0 Å². The Hall–Kier alpha value is -1.28. The Labute approximate surface area is 138 Å². The van der Waals surface area contributed by atoms with E-state index in [1.165, 1.54) is 0 Å². The number of nitrogens with zero attached hydrogens (tertiary/aromatic N) is 1. The number of hydrogen-bond acceptors (Lipinski definition) is 2. The lowest BCUT2D eigenvalue weighted by atomic mass is 10.0. The van der Waals surface area contributed by atoms with Crippen LogP contribution in [0.4, 0.5) is 0 Å². The van der Waals surface area contributed by atoms with Gasteiger partial charge in [-0.05, 0) is 73.3 Å². The number of aromatic hydroxyl groups is 1. The summed E-state index contributed by atoms with van der Waals surface area (Å²) in [4.78, 5) is 0. The monoisotopic (exact) mass is 411 g/mol. The highest BCUT2D eigenvalue weighted by atomic mass is 79.9. The first-order valence-corrected chi connectivity index (χ1v) is 7.53. The van der Waals surface area contributed by atoms with E-state index in [2.05, 4.69) is 37.9 Å². The fraction of sp³-hybridized carbons (Fsp3) is 0. The van der Waals surface area contributed by atoms with E-state index >= 15 is 0 Å². The van der Waals surface area contributed by atoms with E-state index in [9.17, 15) is 10.4 Å². The van der Waals surface area contributed by atoms with Crippen molar-refractivity contribution in [2.45, 2.75) is 0 Å². The maximum atomic E-state index is 9.68. The minimum Gasteiger partial charge on any atom is -0.506 e. The van der Waals surface area contributed by atoms with E-state index in [1.54, 1.807) is 36.4 Å². The van der Waals surface area contributed by atoms with Gasteiger partial charge in [0.15, 0.2) is 0 Å². The molecule has 0 amide bonds. The number of allylic oxidation sites excluding steroid dienone is 1. The Morgan fingerprint density at radius 3 is 2.40 bits per heavy atom. The van der Waals surface area contributed by atoms with Crippen molar-refractivity contribution >= 4 is 55.1 Å². The number of nitriles is 1. The zero-order valence-corrected chi connectivity index (χ0v) is 14.0. The zero-order valence-electron chi connectivity index (χ0n) is 10.1. The first-order valence-electron chi connectivity index (χ1n) is 5.57. The highest BCUT2D eigenvalue weighted by molar-refractivity contribution is 9.11. The standard InChI is InChI=1S/C15H8Br2ClNO/c16-13-5-9(6-14(17)15(13)20)4-11(8-19)10-2-1-3-12(18)7-10/h1-7,20H/b11-4-. The van der Waals surface area contributed by atoms with Crippen molar-refractivity contribution in [3.63, 3.8) is 0 Å². The molecule has 0 saturated carbocycles. The van der Waals surface area contributed by atoms with Crippen molar-refractivity contribution in [1.29, 1.82) is 5.26 Å². The summed E-state index contributed by atoms with van der Waals surface area (Å²) in [5, 5.41) is 19.5. The molecule has 0 aliphatic heterocycles. The van der Waals surface area contributed by atoms with Crippen molar-refractivity contribution in [3.05, 3.63) is 61.5 Å². The Bertz CT molecular complexity index is 712. The van der Waals surface area contributed by atoms with Crippen molar-refractivity contribution in [3.8, 4) is 11.8 Å². The van der Waals surface area contributed by atoms with E-state index < -0.39 is 0 Å². The molecular weight excluding hydrogens is 405 g/mol. The highest BCUT2D eigenvalue weighted by Crippen LogP contribution is 2.34. The van der Waals surface area contributed by atoms with Crippen LogP contribution in [0.3, 0.4) is 0 Å². The predicted molar refractivity (Wildman–Crippen MR) is 88.4 cm³/mol. The fourth-order valence-electron chi connectivity index (χ4n) is 1.67. The summed E-state index contributed by atoms with van der Waals surface area (Å²) in [5.41, 5.74) is 2.04. The first-order chi connectivity index (χ1) is 9.51. The van der Waals surface area contributed by atoms with Crippen LogP contribution in [-0.4, -0.2) is 5.11 Å². The topological polar surface area (TPSA) is 44.0 Å². The lowest BCUT2D eigenvalue weighted by Gasteiger charge is -2.04. The van der Waals surface area contributed by atoms with E-state index in [-0.39, 0.29) is 5.75 Å². The molecule has 0 aliphatic rings. The third-order valence-corrected chi connectivity index (χ3v) is 4.05. The second-order valence-electron chi connectivity index (χ2n) is 4.01. The molecule has 2 aromatic rings. The Morgan fingerprint density at radius 2 is 1.85 bits per heavy atom. The van der Waals surface area contributed by atoms with Gasteiger partial charge in [-0.25, -0.2) is 0 Å². The van der Waals surface area contributed by atoms with Gasteiger partial charge in [-0.15, -0.1) is 0 Å². The van der Waals surface area contributed by atoms with Crippen molar-refractivity contribution < 1.29 is 5.11 Å². The fourth-order valence-corrected chi connectivity index (χ4v) is 3.08. The summed E-state index contributed by atoms with van der Waals surface area (Å²) >= 11 is 12.5. The highest BCUT2D eigenvalue weighted by Gasteiger charge is 2.07. The molecule has 0 unspecified atom stereocenters. The minimum absolute atomic E-state index is 0.128. The molecule has 0 radical (unpaired) electrons. The Balaban J connectivity index is 2.50. The van der Waals surface area contributed by atoms with Crippen LogP contribution in [0.5, 0.6) is 5.75 Å². The van der Waals surface area contributed by atoms with Gasteiger partial charge in [0.1, 0.15) is 5.75 Å². The molecule has 0 saturated heterocycles. The molecule has 0 heterocycles. The zero-order chi connectivity index (χ0) is 14.7. The maximum absolute atomic E-state index is 9.68. The van der Waals surface area contributed by atoms with Crippen LogP contribution in [0.1, 0.15) is 11.1 Å². The second kappa shape index (κ2) is 6.45. The van der Waals surface area contributed by atoms with E-state index in [1.807, 2.05) is 6.07 Å². The quantitative estimate of drug-likeness (QED) is 0.512. The summed E-state index contributed by atoms with van der Waals surface area (Å²) in [6.07, 6.45) is 1.74. The number of halogens is 3. The molecule has 0 atom stereocenters. The number of phenolic OH excluding ortho intramolecular Hbond substituents is 1. The molecular formula is C15H8Br2ClNO. The van der Waals surface area contributed by atoms with Crippen molar-refractivity contribution in [2.75, 3.05) is 0 Å². The van der Waals surface area contributed by atoms with Crippen LogP contribution < -0.4 is 0 Å². The molecule has 100 valence electrons. The molecule has 0 bridgehead atoms. The average Bonchev–Trinajstić information content (AvgIpc) is 2.42. The summed E-state index contributed by atoms with van der Waals surface area (Å²) in [6, 6.07) is 12.7. The van der Waals surface area contributed by atoms with Gasteiger partial charge in [0.2, 0.25) is 0 Å². The molecule has 0 aliphatic carbocycles. The van der Waals surface area contributed by atoms with Gasteiger partial charge in [0.05, 0.1) is 20.6 Å². The molecule has 20 heavy (non-hydrogen) atoms. The summed E-state index contributed by atoms with van der Waals surface area (Å²) < 4.78 is 1.11. The summed E-state index contributed by atoms with van der Waals surface area (Å²) in [7, 11) is 0. The first kappa shape index (κ1) is 15.1. The van der Waals surface area contributed by atoms with Gasteiger partial charge >= 0.3 is 0 Å². The number of benzene rings is 2. The van der Waals surface area contributed by atoms with Crippen LogP contribution in [-0.2, 0) is 0 Å². The van der Waals surface area contributed by atoms with Crippen molar-refractivity contribution in [1.82, 2.24) is 0 Å². The average molecular weight is 413 g/mol. The second-order valence-corrected chi connectivity index (χ2v) is 6.16. The SMILES string of the molecule is N#C/C(=C/c1cc(Br)c(O)c(Br)c1)c1cccc(Cl)c1. The third-order valence-electron chi connectivity index (χ3n) is 2.61. The molecule has 1 N–H and O–H groups in total. The summed E-state index contributed by atoms with van der Waals surface area (Å²) in [6.45, 7) is 0. The van der Waals surface area contributed by atoms with Gasteiger partial charge in [-0.1, -0.05) is 23.7 Å². The number of hydrogen-bond donors (Lipinski definition) is 1. The summed E-state index contributed by atoms with van der Waals surface area (Å²) in [5.74, 6) is 0.128. The van der Waals surface area contributed by atoms with Crippen LogP contribution in [0.25, 0.3) is 11.6 Å². The lowest BCUT2D eigenvalue weighted by Crippen LogP contribution is -1.83. The molecule has 2 aromatic carbocycles. The van der Waals surface area contributed by atoms with E-state index in [0.717, 1.165) is 11.1 Å². The van der Waals surface area contributed by atoms with Crippen molar-refractivity contribution in [2.24, 2.45) is 0 Å². The molecule has 2 rings (SSSR count). The lowest BCUT2D eigenvalue weighted by molar-refractivity contribution is 0.468. The Kier molecular flexibility index (Phi) is 4.87. The predicted octanol–water partition coefficient (Wildman–Crippen LogP) is 5.63. The molecule has 0 spiro atoms. The number of phenols is 1. The van der Waals surface area contributed by atoms with Gasteiger partial charge < -0.3 is 5.11 Å². The van der Waals surface area contributed by atoms with Gasteiger partial charge in [0, 0.05) is 5.02 Å². The minimum atomic E-state index is 0.128. The molecule has 5 heteroatoms. The maximum Gasteiger partial charge on any atom is 0.143 e. The van der Waals surface area contributed by atoms with Crippen LogP contribution in [0.2, 0.25) is 5.02 Å². The van der Waals surface area contributed by atoms with Crippen LogP contribution in [0, 0.1) is 11.3 Å². The molecule has 0 fully saturated rings. The smallest absolute Gasteiger partial charge is 0.143 e. The Morgan fingerprint density at radius 1 is 1.20 bits per heavy atom.